The van der Waals surface area contributed by atoms with Gasteiger partial charge in [-0.25, -0.2) is 4.79 Å². The summed E-state index contributed by atoms with van der Waals surface area (Å²) >= 11 is 0. The molecule has 0 spiro atoms. The molecule has 0 saturated heterocycles. The number of hydrogen-bond acceptors (Lipinski definition) is 9. The summed E-state index contributed by atoms with van der Waals surface area (Å²) in [6.45, 7) is 6.61. The quantitative estimate of drug-likeness (QED) is 0.368. The smallest absolute Gasteiger partial charge is 0.328 e. The first-order valence-corrected chi connectivity index (χ1v) is 13.4. The van der Waals surface area contributed by atoms with Crippen molar-refractivity contribution < 1.29 is 33.3 Å². The zero-order valence-electron chi connectivity index (χ0n) is 24.8. The van der Waals surface area contributed by atoms with Gasteiger partial charge in [0.1, 0.15) is 12.1 Å². The standard InChI is InChI=1S/C30H39N3O8/c1-15(2)26(29(36)31-16(3)30(37)41-8)33-22-12-10-19-20(14-23(22)35)21(32-17(4)34)11-9-18-13-24(38-5)27(39-6)28(40-7)25(18)19/h10,12-16,21,26H,9,11H2,1-8H3,(H,31,36)(H,32,34)(H,33,35)/t16-,21-,26-/m0/s1. The molecule has 11 heteroatoms. The van der Waals surface area contributed by atoms with Crippen LogP contribution in [0.25, 0.3) is 11.1 Å². The van der Waals surface area contributed by atoms with E-state index in [0.717, 1.165) is 11.1 Å². The SMILES string of the molecule is COC(=O)[C@H](C)NC(=O)[C@@H](Nc1ccc2c(cc1=O)[C@@H](NC(C)=O)CCc1cc(OC)c(OC)c(OC)c1-2)C(C)C. The van der Waals surface area contributed by atoms with E-state index in [-0.39, 0.29) is 22.9 Å². The molecule has 3 N–H and O–H groups in total. The second-order valence-corrected chi connectivity index (χ2v) is 10.2. The van der Waals surface area contributed by atoms with Gasteiger partial charge in [0, 0.05) is 12.5 Å². The van der Waals surface area contributed by atoms with Crippen molar-refractivity contribution in [3.05, 3.63) is 45.6 Å². The molecule has 0 heterocycles. The maximum atomic E-state index is 13.6. The highest BCUT2D eigenvalue weighted by Crippen LogP contribution is 2.50. The molecule has 0 unspecified atom stereocenters. The van der Waals surface area contributed by atoms with E-state index in [1.165, 1.54) is 41.2 Å². The third-order valence-corrected chi connectivity index (χ3v) is 7.09. The Hall–Kier alpha value is -4.28. The lowest BCUT2D eigenvalue weighted by atomic mass is 9.95. The molecule has 2 amide bonds. The van der Waals surface area contributed by atoms with Gasteiger partial charge in [0.15, 0.2) is 11.5 Å². The first kappa shape index (κ1) is 31.3. The zero-order valence-corrected chi connectivity index (χ0v) is 24.8. The van der Waals surface area contributed by atoms with Crippen LogP contribution in [0.4, 0.5) is 5.69 Å². The van der Waals surface area contributed by atoms with Crippen LogP contribution in [-0.2, 0) is 25.5 Å². The summed E-state index contributed by atoms with van der Waals surface area (Å²) in [5.41, 5.74) is 2.71. The zero-order chi connectivity index (χ0) is 30.4. The molecular formula is C30H39N3O8. The summed E-state index contributed by atoms with van der Waals surface area (Å²) in [6, 6.07) is 4.60. The Balaban J connectivity index is 2.21. The van der Waals surface area contributed by atoms with Crippen LogP contribution in [0.5, 0.6) is 17.2 Å². The predicted molar refractivity (Wildman–Crippen MR) is 155 cm³/mol. The van der Waals surface area contributed by atoms with Crippen LogP contribution in [0, 0.1) is 5.92 Å². The number of methoxy groups -OCH3 is 4. The number of benzene rings is 1. The van der Waals surface area contributed by atoms with Crippen LogP contribution in [-0.4, -0.2) is 58.3 Å². The van der Waals surface area contributed by atoms with E-state index < -0.39 is 30.0 Å². The van der Waals surface area contributed by atoms with Gasteiger partial charge in [0.05, 0.1) is 40.2 Å². The van der Waals surface area contributed by atoms with E-state index in [2.05, 4.69) is 16.0 Å². The molecule has 11 nitrogen and oxygen atoms in total. The minimum atomic E-state index is -0.862. The number of esters is 1. The lowest BCUT2D eigenvalue weighted by Gasteiger charge is -2.23. The molecule has 0 aromatic heterocycles. The summed E-state index contributed by atoms with van der Waals surface area (Å²) in [4.78, 5) is 50.7. The number of ether oxygens (including phenoxy) is 4. The summed E-state index contributed by atoms with van der Waals surface area (Å²) in [5.74, 6) is -0.150. The molecular weight excluding hydrogens is 530 g/mol. The monoisotopic (exact) mass is 569 g/mol. The lowest BCUT2D eigenvalue weighted by Crippen LogP contribution is -2.49. The topological polar surface area (TPSA) is 141 Å². The Kier molecular flexibility index (Phi) is 10.2. The van der Waals surface area contributed by atoms with E-state index in [0.29, 0.717) is 41.2 Å². The van der Waals surface area contributed by atoms with Gasteiger partial charge in [-0.15, -0.1) is 0 Å². The van der Waals surface area contributed by atoms with Crippen molar-refractivity contribution in [2.24, 2.45) is 5.92 Å². The van der Waals surface area contributed by atoms with Crippen LogP contribution in [0.2, 0.25) is 0 Å². The summed E-state index contributed by atoms with van der Waals surface area (Å²) < 4.78 is 21.7. The first-order valence-electron chi connectivity index (χ1n) is 13.4. The Bertz CT molecular complexity index is 1370. The Morgan fingerprint density at radius 3 is 2.20 bits per heavy atom. The van der Waals surface area contributed by atoms with Crippen LogP contribution in [0.3, 0.4) is 0 Å². The number of rotatable bonds is 10. The van der Waals surface area contributed by atoms with Crippen molar-refractivity contribution in [2.45, 2.75) is 58.7 Å². The number of nitrogens with one attached hydrogen (secondary N) is 3. The van der Waals surface area contributed by atoms with Gasteiger partial charge in [-0.1, -0.05) is 19.9 Å². The van der Waals surface area contributed by atoms with Gasteiger partial charge in [-0.2, -0.15) is 0 Å². The fourth-order valence-corrected chi connectivity index (χ4v) is 5.07. The number of aryl methyl sites for hydroxylation is 1. The lowest BCUT2D eigenvalue weighted by molar-refractivity contribution is -0.144. The highest BCUT2D eigenvalue weighted by atomic mass is 16.5. The molecule has 1 aliphatic carbocycles. The van der Waals surface area contributed by atoms with Gasteiger partial charge in [-0.3, -0.25) is 14.4 Å². The summed E-state index contributed by atoms with van der Waals surface area (Å²) in [6.07, 6.45) is 1.09. The van der Waals surface area contributed by atoms with Crippen LogP contribution in [0.1, 0.15) is 51.3 Å². The number of hydrogen-bond donors (Lipinski definition) is 3. The minimum absolute atomic E-state index is 0.181. The first-order chi connectivity index (χ1) is 19.5. The highest BCUT2D eigenvalue weighted by molar-refractivity contribution is 5.89. The van der Waals surface area contributed by atoms with Crippen LogP contribution < -0.4 is 35.6 Å². The van der Waals surface area contributed by atoms with Crippen molar-refractivity contribution in [3.8, 4) is 28.4 Å². The fourth-order valence-electron chi connectivity index (χ4n) is 5.07. The average Bonchev–Trinajstić information content (AvgIpc) is 3.17. The van der Waals surface area contributed by atoms with Crippen molar-refractivity contribution >= 4 is 23.5 Å². The Labute approximate surface area is 239 Å². The van der Waals surface area contributed by atoms with Gasteiger partial charge in [-0.05, 0) is 60.6 Å². The third kappa shape index (κ3) is 6.72. The maximum Gasteiger partial charge on any atom is 0.328 e. The number of carbonyl (C=O) groups is 3. The van der Waals surface area contributed by atoms with E-state index in [1.54, 1.807) is 19.2 Å². The molecule has 41 heavy (non-hydrogen) atoms. The van der Waals surface area contributed by atoms with Crippen molar-refractivity contribution in [3.63, 3.8) is 0 Å². The Morgan fingerprint density at radius 2 is 1.63 bits per heavy atom. The van der Waals surface area contributed by atoms with Crippen molar-refractivity contribution in [1.82, 2.24) is 10.6 Å². The molecule has 3 atom stereocenters. The van der Waals surface area contributed by atoms with E-state index >= 15 is 0 Å². The largest absolute Gasteiger partial charge is 0.493 e. The van der Waals surface area contributed by atoms with E-state index in [4.69, 9.17) is 18.9 Å². The highest BCUT2D eigenvalue weighted by Gasteiger charge is 2.30. The Morgan fingerprint density at radius 1 is 0.951 bits per heavy atom. The molecule has 0 fully saturated rings. The number of carbonyl (C=O) groups excluding carboxylic acids is 3. The van der Waals surface area contributed by atoms with E-state index in [1.807, 2.05) is 19.9 Å². The molecule has 0 bridgehead atoms. The maximum absolute atomic E-state index is 13.6. The molecule has 0 radical (unpaired) electrons. The minimum Gasteiger partial charge on any atom is -0.493 e. The van der Waals surface area contributed by atoms with Crippen LogP contribution in [0.15, 0.2) is 29.1 Å². The van der Waals surface area contributed by atoms with Crippen molar-refractivity contribution in [2.75, 3.05) is 33.8 Å². The molecule has 2 aromatic rings. The molecule has 1 aliphatic rings. The third-order valence-electron chi connectivity index (χ3n) is 7.09. The fraction of sp³-hybridized carbons (Fsp3) is 0.467. The van der Waals surface area contributed by atoms with Gasteiger partial charge < -0.3 is 34.9 Å². The molecule has 222 valence electrons. The van der Waals surface area contributed by atoms with Crippen molar-refractivity contribution in [1.29, 1.82) is 0 Å². The predicted octanol–water partition coefficient (Wildman–Crippen LogP) is 2.98. The average molecular weight is 570 g/mol. The second-order valence-electron chi connectivity index (χ2n) is 10.2. The molecule has 0 saturated carbocycles. The molecule has 3 rings (SSSR count). The second kappa shape index (κ2) is 13.4. The summed E-state index contributed by atoms with van der Waals surface area (Å²) in [7, 11) is 5.84. The van der Waals surface area contributed by atoms with E-state index in [9.17, 15) is 19.2 Å². The number of fused-ring (bicyclic) bond motifs is 3. The molecule has 2 aromatic carbocycles. The van der Waals surface area contributed by atoms with Gasteiger partial charge in [0.2, 0.25) is 23.0 Å². The number of anilines is 1. The summed E-state index contributed by atoms with van der Waals surface area (Å²) in [5, 5.41) is 8.69. The molecule has 0 aliphatic heterocycles. The number of amides is 2. The van der Waals surface area contributed by atoms with Crippen LogP contribution >= 0.6 is 0 Å². The van der Waals surface area contributed by atoms with Gasteiger partial charge >= 0.3 is 5.97 Å². The van der Waals surface area contributed by atoms with Gasteiger partial charge in [0.25, 0.3) is 0 Å². The normalized spacial score (nSPS) is 15.3.